The van der Waals surface area contributed by atoms with Crippen molar-refractivity contribution in [3.63, 3.8) is 0 Å². The minimum absolute atomic E-state index is 0.0457. The Bertz CT molecular complexity index is 892. The van der Waals surface area contributed by atoms with Crippen LogP contribution in [0.15, 0.2) is 54.6 Å². The molecule has 2 heterocycles. The van der Waals surface area contributed by atoms with Gasteiger partial charge < -0.3 is 10.1 Å². The summed E-state index contributed by atoms with van der Waals surface area (Å²) in [5.74, 6) is 0.816. The smallest absolute Gasteiger partial charge is 0.187 e. The fourth-order valence-electron chi connectivity index (χ4n) is 4.47. The summed E-state index contributed by atoms with van der Waals surface area (Å²) in [6.45, 7) is 6.19. The summed E-state index contributed by atoms with van der Waals surface area (Å²) in [6.07, 6.45) is 7.38. The van der Waals surface area contributed by atoms with E-state index in [1.807, 2.05) is 30.3 Å². The van der Waals surface area contributed by atoms with Crippen LogP contribution in [0.4, 0.5) is 0 Å². The molecule has 3 nitrogen and oxygen atoms in total. The molecule has 0 aromatic heterocycles. The lowest BCUT2D eigenvalue weighted by Crippen LogP contribution is -2.43. The molecule has 4 rings (SSSR count). The molecular formula is C26H31NO2. The van der Waals surface area contributed by atoms with Crippen LogP contribution < -0.4 is 5.32 Å². The Morgan fingerprint density at radius 1 is 1.14 bits per heavy atom. The van der Waals surface area contributed by atoms with Gasteiger partial charge in [0.15, 0.2) is 5.78 Å². The second-order valence-electron chi connectivity index (χ2n) is 9.06. The Balaban J connectivity index is 1.58. The predicted molar refractivity (Wildman–Crippen MR) is 118 cm³/mol. The number of carbonyl (C=O) groups is 1. The molecule has 2 aromatic carbocycles. The van der Waals surface area contributed by atoms with Crippen LogP contribution in [0, 0.1) is 5.92 Å². The number of carbonyl (C=O) groups excluding carboxylic acids is 1. The lowest BCUT2D eigenvalue weighted by atomic mass is 9.83. The lowest BCUT2D eigenvalue weighted by molar-refractivity contribution is 0.0640. The van der Waals surface area contributed by atoms with Gasteiger partial charge in [-0.3, -0.25) is 4.79 Å². The van der Waals surface area contributed by atoms with Crippen molar-refractivity contribution < 1.29 is 9.53 Å². The van der Waals surface area contributed by atoms with Gasteiger partial charge in [0.05, 0.1) is 0 Å². The van der Waals surface area contributed by atoms with Crippen LogP contribution in [0.2, 0.25) is 0 Å². The summed E-state index contributed by atoms with van der Waals surface area (Å²) in [6, 6.07) is 16.3. The van der Waals surface area contributed by atoms with Crippen LogP contribution in [0.25, 0.3) is 5.70 Å². The van der Waals surface area contributed by atoms with Gasteiger partial charge in [0, 0.05) is 41.7 Å². The Morgan fingerprint density at radius 2 is 1.90 bits per heavy atom. The average Bonchev–Trinajstić information content (AvgIpc) is 2.73. The minimum atomic E-state index is -0.0700. The molecule has 1 fully saturated rings. The van der Waals surface area contributed by atoms with E-state index in [1.54, 1.807) is 6.08 Å². The van der Waals surface area contributed by atoms with Crippen molar-refractivity contribution in [2.24, 2.45) is 5.92 Å². The number of ketones is 1. The maximum absolute atomic E-state index is 12.8. The first kappa shape index (κ1) is 19.9. The number of aryl methyl sites for hydroxylation is 1. The molecule has 0 unspecified atom stereocenters. The lowest BCUT2D eigenvalue weighted by Gasteiger charge is -2.36. The molecule has 2 aliphatic heterocycles. The first-order valence-corrected chi connectivity index (χ1v) is 10.8. The Kier molecular flexibility index (Phi) is 5.86. The molecule has 1 saturated heterocycles. The maximum atomic E-state index is 12.8. The molecule has 152 valence electrons. The van der Waals surface area contributed by atoms with Crippen LogP contribution in [-0.4, -0.2) is 24.5 Å². The minimum Gasteiger partial charge on any atom is -0.381 e. The summed E-state index contributed by atoms with van der Waals surface area (Å²) < 4.78 is 5.49. The summed E-state index contributed by atoms with van der Waals surface area (Å²) in [7, 11) is 0. The number of ether oxygens (including phenoxy) is 1. The largest absolute Gasteiger partial charge is 0.381 e. The van der Waals surface area contributed by atoms with Crippen LogP contribution in [-0.2, 0) is 17.6 Å². The summed E-state index contributed by atoms with van der Waals surface area (Å²) >= 11 is 0. The molecule has 0 bridgehead atoms. The highest BCUT2D eigenvalue weighted by Gasteiger charge is 2.28. The standard InChI is InChI=1S/C26H31NO2/c1-26(2)18-22-11-10-20(9-8-19-12-14-29-15-13-19)16-23(22)24(27-26)17-25(28)21-6-4-3-5-7-21/h3-7,10-11,16-17,19,27H,8-9,12-15,18H2,1-2H3/b24-17-. The first-order valence-electron chi connectivity index (χ1n) is 10.8. The van der Waals surface area contributed by atoms with E-state index in [9.17, 15) is 4.79 Å². The van der Waals surface area contributed by atoms with Gasteiger partial charge in [0.25, 0.3) is 0 Å². The van der Waals surface area contributed by atoms with E-state index in [2.05, 4.69) is 37.4 Å². The Morgan fingerprint density at radius 3 is 2.66 bits per heavy atom. The normalized spacial score (nSPS) is 20.1. The second-order valence-corrected chi connectivity index (χ2v) is 9.06. The number of hydrogen-bond acceptors (Lipinski definition) is 3. The average molecular weight is 390 g/mol. The quantitative estimate of drug-likeness (QED) is 0.565. The fraction of sp³-hybridized carbons (Fsp3) is 0.423. The molecule has 0 spiro atoms. The molecule has 0 saturated carbocycles. The van der Waals surface area contributed by atoms with E-state index in [0.717, 1.165) is 43.2 Å². The van der Waals surface area contributed by atoms with Crippen molar-refractivity contribution in [3.05, 3.63) is 76.9 Å². The second kappa shape index (κ2) is 8.54. The van der Waals surface area contributed by atoms with Gasteiger partial charge in [0.2, 0.25) is 0 Å². The topological polar surface area (TPSA) is 38.3 Å². The van der Waals surface area contributed by atoms with Crippen molar-refractivity contribution in [1.29, 1.82) is 0 Å². The van der Waals surface area contributed by atoms with E-state index in [-0.39, 0.29) is 11.3 Å². The van der Waals surface area contributed by atoms with Gasteiger partial charge in [-0.05, 0) is 69.1 Å². The molecule has 0 aliphatic carbocycles. The van der Waals surface area contributed by atoms with Gasteiger partial charge in [-0.25, -0.2) is 0 Å². The molecule has 0 atom stereocenters. The number of allylic oxidation sites excluding steroid dienone is 1. The SMILES string of the molecule is CC1(C)Cc2ccc(CCC3CCOCC3)cc2/C(=C/C(=O)c2ccccc2)N1. The van der Waals surface area contributed by atoms with Gasteiger partial charge in [-0.15, -0.1) is 0 Å². The molecule has 29 heavy (non-hydrogen) atoms. The number of hydrogen-bond donors (Lipinski definition) is 1. The highest BCUT2D eigenvalue weighted by atomic mass is 16.5. The molecule has 0 radical (unpaired) electrons. The maximum Gasteiger partial charge on any atom is 0.187 e. The van der Waals surface area contributed by atoms with E-state index >= 15 is 0 Å². The van der Waals surface area contributed by atoms with E-state index in [4.69, 9.17) is 4.74 Å². The third-order valence-electron chi connectivity index (χ3n) is 6.09. The van der Waals surface area contributed by atoms with Gasteiger partial charge in [0.1, 0.15) is 0 Å². The highest BCUT2D eigenvalue weighted by molar-refractivity contribution is 6.08. The third-order valence-corrected chi connectivity index (χ3v) is 6.09. The summed E-state index contributed by atoms with van der Waals surface area (Å²) in [4.78, 5) is 12.8. The Hall–Kier alpha value is -2.39. The van der Waals surface area contributed by atoms with Crippen molar-refractivity contribution in [1.82, 2.24) is 5.32 Å². The van der Waals surface area contributed by atoms with Crippen molar-refractivity contribution in [2.45, 2.75) is 51.5 Å². The molecule has 2 aromatic rings. The highest BCUT2D eigenvalue weighted by Crippen LogP contribution is 2.31. The van der Waals surface area contributed by atoms with Crippen LogP contribution in [0.5, 0.6) is 0 Å². The predicted octanol–water partition coefficient (Wildman–Crippen LogP) is 5.19. The molecule has 0 amide bonds. The zero-order valence-electron chi connectivity index (χ0n) is 17.5. The van der Waals surface area contributed by atoms with Crippen LogP contribution in [0.3, 0.4) is 0 Å². The van der Waals surface area contributed by atoms with E-state index < -0.39 is 0 Å². The fourth-order valence-corrected chi connectivity index (χ4v) is 4.47. The van der Waals surface area contributed by atoms with E-state index in [1.165, 1.54) is 36.0 Å². The first-order chi connectivity index (χ1) is 14.0. The van der Waals surface area contributed by atoms with Crippen molar-refractivity contribution in [2.75, 3.05) is 13.2 Å². The molecule has 2 aliphatic rings. The summed E-state index contributed by atoms with van der Waals surface area (Å²) in [5.41, 5.74) is 5.45. The van der Waals surface area contributed by atoms with Crippen molar-refractivity contribution in [3.8, 4) is 0 Å². The van der Waals surface area contributed by atoms with Gasteiger partial charge in [-0.1, -0.05) is 42.5 Å². The molecule has 3 heteroatoms. The Labute approximate surface area is 174 Å². The number of benzene rings is 2. The zero-order valence-corrected chi connectivity index (χ0v) is 17.5. The third kappa shape index (κ3) is 4.97. The number of rotatable bonds is 5. The molecule has 1 N–H and O–H groups in total. The summed E-state index contributed by atoms with van der Waals surface area (Å²) in [5, 5.41) is 3.61. The number of fused-ring (bicyclic) bond motifs is 1. The zero-order chi connectivity index (χ0) is 20.3. The van der Waals surface area contributed by atoms with E-state index in [0.29, 0.717) is 0 Å². The molecular weight excluding hydrogens is 358 g/mol. The van der Waals surface area contributed by atoms with Gasteiger partial charge in [-0.2, -0.15) is 0 Å². The van der Waals surface area contributed by atoms with Gasteiger partial charge >= 0.3 is 0 Å². The monoisotopic (exact) mass is 389 g/mol. The van der Waals surface area contributed by atoms with Crippen LogP contribution >= 0.6 is 0 Å². The number of nitrogens with one attached hydrogen (secondary N) is 1. The van der Waals surface area contributed by atoms with Crippen molar-refractivity contribution >= 4 is 11.5 Å². The van der Waals surface area contributed by atoms with Crippen LogP contribution in [0.1, 0.15) is 60.2 Å².